The molecule has 0 radical (unpaired) electrons. The molecule has 0 bridgehead atoms. The number of thiazole rings is 1. The van der Waals surface area contributed by atoms with Crippen LogP contribution < -0.4 is 0 Å². The van der Waals surface area contributed by atoms with Gasteiger partial charge in [-0.3, -0.25) is 4.40 Å². The van der Waals surface area contributed by atoms with Gasteiger partial charge in [0.1, 0.15) is 9.48 Å². The molecular weight excluding hydrogens is 269 g/mol. The average Bonchev–Trinajstić information content (AvgIpc) is 2.40. The smallest absolute Gasteiger partial charge is 0.296 e. The molecule has 0 saturated carbocycles. The van der Waals surface area contributed by atoms with E-state index in [0.717, 1.165) is 6.20 Å². The highest BCUT2D eigenvalue weighted by atomic mass is 79.9. The number of rotatable bonds is 0. The van der Waals surface area contributed by atoms with Gasteiger partial charge in [-0.2, -0.15) is 13.2 Å². The molecule has 0 saturated heterocycles. The summed E-state index contributed by atoms with van der Waals surface area (Å²) in [5, 5.41) is 0. The van der Waals surface area contributed by atoms with E-state index in [4.69, 9.17) is 0 Å². The lowest BCUT2D eigenvalue weighted by molar-refractivity contribution is -0.134. The summed E-state index contributed by atoms with van der Waals surface area (Å²) in [6.07, 6.45) is -1.77. The second-order valence-electron chi connectivity index (χ2n) is 2.35. The van der Waals surface area contributed by atoms with E-state index >= 15 is 0 Å². The molecule has 0 aliphatic carbocycles. The van der Waals surface area contributed by atoms with Crippen molar-refractivity contribution in [2.45, 2.75) is 6.18 Å². The molecule has 0 spiro atoms. The summed E-state index contributed by atoms with van der Waals surface area (Å²) in [6.45, 7) is 0. The Morgan fingerprint density at radius 1 is 1.38 bits per heavy atom. The topological polar surface area (TPSA) is 17.3 Å². The van der Waals surface area contributed by atoms with Gasteiger partial charge in [0.05, 0.1) is 0 Å². The van der Waals surface area contributed by atoms with Crippen molar-refractivity contribution >= 4 is 32.2 Å². The predicted molar refractivity (Wildman–Crippen MR) is 45.8 cm³/mol. The Hall–Kier alpha value is -0.560. The second-order valence-corrected chi connectivity index (χ2v) is 4.17. The van der Waals surface area contributed by atoms with Crippen LogP contribution in [0.5, 0.6) is 0 Å². The van der Waals surface area contributed by atoms with Crippen LogP contribution in [0.2, 0.25) is 0 Å². The highest BCUT2D eigenvalue weighted by Gasteiger charge is 2.33. The van der Waals surface area contributed by atoms with Crippen LogP contribution in [-0.4, -0.2) is 9.38 Å². The van der Waals surface area contributed by atoms with Gasteiger partial charge in [-0.1, -0.05) is 11.3 Å². The minimum atomic E-state index is -4.28. The van der Waals surface area contributed by atoms with E-state index in [1.807, 2.05) is 0 Å². The number of imidazole rings is 1. The number of halogens is 4. The van der Waals surface area contributed by atoms with Gasteiger partial charge in [-0.05, 0) is 15.9 Å². The summed E-state index contributed by atoms with van der Waals surface area (Å²) in [5.41, 5.74) is 0. The van der Waals surface area contributed by atoms with E-state index in [2.05, 4.69) is 20.9 Å². The maximum atomic E-state index is 12.2. The van der Waals surface area contributed by atoms with Gasteiger partial charge in [0.15, 0.2) is 4.96 Å². The van der Waals surface area contributed by atoms with Crippen LogP contribution in [0, 0.1) is 0 Å². The highest BCUT2D eigenvalue weighted by molar-refractivity contribution is 9.10. The molecule has 0 amide bonds. The minimum absolute atomic E-state index is 0.333. The summed E-state index contributed by atoms with van der Waals surface area (Å²) in [5.74, 6) is 0. The predicted octanol–water partition coefficient (Wildman–Crippen LogP) is 3.18. The largest absolute Gasteiger partial charge is 0.427 e. The van der Waals surface area contributed by atoms with E-state index in [1.165, 1.54) is 10.6 Å². The zero-order chi connectivity index (χ0) is 9.64. The van der Waals surface area contributed by atoms with Crippen LogP contribution >= 0.6 is 27.3 Å². The van der Waals surface area contributed by atoms with Crippen LogP contribution in [-0.2, 0) is 6.18 Å². The Bertz CT molecular complexity index is 413. The Balaban J connectivity index is 2.57. The molecule has 2 nitrogen and oxygen atoms in total. The Kier molecular flexibility index (Phi) is 1.88. The summed E-state index contributed by atoms with van der Waals surface area (Å²) in [7, 11) is 0. The molecular formula is C6H2BrF3N2S. The first-order chi connectivity index (χ1) is 5.97. The van der Waals surface area contributed by atoms with Crippen LogP contribution in [0.1, 0.15) is 4.88 Å². The first-order valence-corrected chi connectivity index (χ1v) is 4.79. The van der Waals surface area contributed by atoms with E-state index in [1.54, 1.807) is 0 Å². The average molecular weight is 271 g/mol. The quantitative estimate of drug-likeness (QED) is 0.719. The maximum Gasteiger partial charge on any atom is 0.427 e. The van der Waals surface area contributed by atoms with Crippen molar-refractivity contribution in [3.05, 3.63) is 21.9 Å². The monoisotopic (exact) mass is 270 g/mol. The summed E-state index contributed by atoms with van der Waals surface area (Å²) >= 11 is 3.69. The van der Waals surface area contributed by atoms with Gasteiger partial charge in [0.25, 0.3) is 0 Å². The normalized spacial score (nSPS) is 12.6. The lowest BCUT2D eigenvalue weighted by Gasteiger charge is -1.99. The van der Waals surface area contributed by atoms with Crippen molar-refractivity contribution in [1.29, 1.82) is 0 Å². The Morgan fingerprint density at radius 3 is 2.62 bits per heavy atom. The maximum absolute atomic E-state index is 12.2. The van der Waals surface area contributed by atoms with Gasteiger partial charge >= 0.3 is 6.18 Å². The van der Waals surface area contributed by atoms with Crippen molar-refractivity contribution in [1.82, 2.24) is 9.38 Å². The fraction of sp³-hybridized carbons (Fsp3) is 0.167. The minimum Gasteiger partial charge on any atom is -0.296 e. The lowest BCUT2D eigenvalue weighted by Crippen LogP contribution is -2.01. The summed E-state index contributed by atoms with van der Waals surface area (Å²) in [6, 6.07) is 0. The molecule has 0 aliphatic rings. The van der Waals surface area contributed by atoms with Gasteiger partial charge in [-0.15, -0.1) is 0 Å². The molecule has 2 aromatic rings. The third-order valence-corrected chi connectivity index (χ3v) is 2.83. The van der Waals surface area contributed by atoms with Crippen LogP contribution in [0.15, 0.2) is 17.0 Å². The van der Waals surface area contributed by atoms with Gasteiger partial charge in [-0.25, -0.2) is 4.98 Å². The summed E-state index contributed by atoms with van der Waals surface area (Å²) < 4.78 is 38.4. The first-order valence-electron chi connectivity index (χ1n) is 3.18. The van der Waals surface area contributed by atoms with Crippen LogP contribution in [0.25, 0.3) is 4.96 Å². The van der Waals surface area contributed by atoms with Crippen molar-refractivity contribution in [2.24, 2.45) is 0 Å². The SMILES string of the molecule is FC(F)(F)c1cn2cc(Br)nc2s1. The van der Waals surface area contributed by atoms with Gasteiger partial charge in [0.2, 0.25) is 0 Å². The number of hydrogen-bond acceptors (Lipinski definition) is 2. The van der Waals surface area contributed by atoms with Crippen molar-refractivity contribution in [3.63, 3.8) is 0 Å². The molecule has 70 valence electrons. The van der Waals surface area contributed by atoms with Gasteiger partial charge < -0.3 is 0 Å². The number of nitrogens with zero attached hydrogens (tertiary/aromatic N) is 2. The van der Waals surface area contributed by atoms with Crippen molar-refractivity contribution in [2.75, 3.05) is 0 Å². The lowest BCUT2D eigenvalue weighted by atomic mass is 10.5. The molecule has 0 atom stereocenters. The molecule has 2 rings (SSSR count). The molecule has 2 heterocycles. The molecule has 0 aromatic carbocycles. The fourth-order valence-electron chi connectivity index (χ4n) is 0.898. The third-order valence-electron chi connectivity index (χ3n) is 1.41. The van der Waals surface area contributed by atoms with E-state index < -0.39 is 11.1 Å². The zero-order valence-electron chi connectivity index (χ0n) is 5.97. The summed E-state index contributed by atoms with van der Waals surface area (Å²) in [4.78, 5) is 3.54. The van der Waals surface area contributed by atoms with Crippen molar-refractivity contribution < 1.29 is 13.2 Å². The van der Waals surface area contributed by atoms with Crippen LogP contribution in [0.3, 0.4) is 0 Å². The molecule has 7 heteroatoms. The number of fused-ring (bicyclic) bond motifs is 1. The number of hydrogen-bond donors (Lipinski definition) is 0. The van der Waals surface area contributed by atoms with Gasteiger partial charge in [0, 0.05) is 12.4 Å². The van der Waals surface area contributed by atoms with Crippen molar-refractivity contribution in [3.8, 4) is 0 Å². The molecule has 13 heavy (non-hydrogen) atoms. The standard InChI is InChI=1S/C6H2BrF3N2S/c7-4-2-12-1-3(6(8,9)10)13-5(12)11-4/h1-2H. The Labute approximate surface area is 83.1 Å². The van der Waals surface area contributed by atoms with E-state index in [9.17, 15) is 13.2 Å². The number of aromatic nitrogens is 2. The molecule has 2 aromatic heterocycles. The first kappa shape index (κ1) is 9.01. The Morgan fingerprint density at radius 2 is 2.08 bits per heavy atom. The molecule has 0 unspecified atom stereocenters. The molecule has 0 fully saturated rings. The number of alkyl halides is 3. The molecule has 0 N–H and O–H groups in total. The molecule has 0 aliphatic heterocycles. The van der Waals surface area contributed by atoms with E-state index in [-0.39, 0.29) is 0 Å². The van der Waals surface area contributed by atoms with Crippen LogP contribution in [0.4, 0.5) is 13.2 Å². The third kappa shape index (κ3) is 1.58. The highest BCUT2D eigenvalue weighted by Crippen LogP contribution is 2.34. The fourth-order valence-corrected chi connectivity index (χ4v) is 2.24. The second kappa shape index (κ2) is 2.71. The zero-order valence-corrected chi connectivity index (χ0v) is 8.37. The van der Waals surface area contributed by atoms with E-state index in [0.29, 0.717) is 20.9 Å².